The van der Waals surface area contributed by atoms with Gasteiger partial charge in [-0.1, -0.05) is 29.8 Å². The predicted molar refractivity (Wildman–Crippen MR) is 100 cm³/mol. The summed E-state index contributed by atoms with van der Waals surface area (Å²) in [5.41, 5.74) is 3.20. The van der Waals surface area contributed by atoms with Crippen molar-refractivity contribution in [3.8, 4) is 11.3 Å². The zero-order valence-electron chi connectivity index (χ0n) is 14.0. The molecule has 3 rings (SSSR count). The summed E-state index contributed by atoms with van der Waals surface area (Å²) in [6.45, 7) is 7.31. The summed E-state index contributed by atoms with van der Waals surface area (Å²) in [4.78, 5) is 18.1. The summed E-state index contributed by atoms with van der Waals surface area (Å²) in [6, 6.07) is 7.91. The number of aromatic nitrogens is 1. The van der Waals surface area contributed by atoms with Gasteiger partial charge in [0.2, 0.25) is 5.91 Å². The largest absolute Gasteiger partial charge is 0.375 e. The maximum atomic E-state index is 12.4. The van der Waals surface area contributed by atoms with Crippen molar-refractivity contribution in [1.82, 2.24) is 10.3 Å². The first-order valence-electron chi connectivity index (χ1n) is 7.75. The topological polar surface area (TPSA) is 63.2 Å². The molecule has 2 aromatic rings. The molecular weight excluding hydrogens is 346 g/mol. The Hall–Kier alpha value is -1.47. The molecule has 1 fully saturated rings. The first-order valence-corrected chi connectivity index (χ1v) is 8.56. The van der Waals surface area contributed by atoms with Crippen molar-refractivity contribution in [1.29, 1.82) is 0 Å². The fourth-order valence-electron chi connectivity index (χ4n) is 2.64. The Bertz CT molecular complexity index is 702. The van der Waals surface area contributed by atoms with Crippen LogP contribution in [0.4, 0.5) is 5.13 Å². The second-order valence-corrected chi connectivity index (χ2v) is 6.99. The molecule has 2 N–H and O–H groups in total. The van der Waals surface area contributed by atoms with Gasteiger partial charge in [0.15, 0.2) is 5.13 Å². The standard InChI is InChI=1S/C17H21N3O2S.ClH/c1-10-4-6-13(7-5-10)15-12(3)23-17(19-15)20-16(21)14-11(2)22-9-8-18-14;/h4-7,11,14,18H,8-9H2,1-3H3,(H,19,20,21);1H/t11-,14+;/m1./s1. The number of carbonyl (C=O) groups excluding carboxylic acids is 1. The third-order valence-electron chi connectivity index (χ3n) is 3.95. The molecule has 7 heteroatoms. The number of rotatable bonds is 3. The Morgan fingerprint density at radius 2 is 2.04 bits per heavy atom. The summed E-state index contributed by atoms with van der Waals surface area (Å²) in [7, 11) is 0. The number of aryl methyl sites for hydroxylation is 2. The van der Waals surface area contributed by atoms with E-state index in [0.29, 0.717) is 18.3 Å². The number of thiazole rings is 1. The number of amides is 1. The maximum Gasteiger partial charge on any atom is 0.245 e. The molecule has 0 radical (unpaired) electrons. The minimum absolute atomic E-state index is 0. The normalized spacial score (nSPS) is 20.3. The first kappa shape index (κ1) is 18.9. The van der Waals surface area contributed by atoms with Gasteiger partial charge in [0.05, 0.1) is 18.4 Å². The molecule has 1 aromatic heterocycles. The fraction of sp³-hybridized carbons (Fsp3) is 0.412. The van der Waals surface area contributed by atoms with Crippen LogP contribution in [-0.2, 0) is 9.53 Å². The van der Waals surface area contributed by atoms with Crippen LogP contribution in [0.2, 0.25) is 0 Å². The Kier molecular flexibility index (Phi) is 6.34. The summed E-state index contributed by atoms with van der Waals surface area (Å²) >= 11 is 1.50. The summed E-state index contributed by atoms with van der Waals surface area (Å²) in [5, 5.41) is 6.73. The van der Waals surface area contributed by atoms with E-state index in [9.17, 15) is 4.79 Å². The Morgan fingerprint density at radius 3 is 2.71 bits per heavy atom. The van der Waals surface area contributed by atoms with Crippen LogP contribution in [0.3, 0.4) is 0 Å². The molecule has 1 saturated heterocycles. The monoisotopic (exact) mass is 367 g/mol. The van der Waals surface area contributed by atoms with Gasteiger partial charge < -0.3 is 15.4 Å². The maximum absolute atomic E-state index is 12.4. The third kappa shape index (κ3) is 4.13. The van der Waals surface area contributed by atoms with Crippen LogP contribution < -0.4 is 10.6 Å². The lowest BCUT2D eigenvalue weighted by Crippen LogP contribution is -2.53. The Morgan fingerprint density at radius 1 is 1.33 bits per heavy atom. The molecule has 2 atom stereocenters. The number of anilines is 1. The molecule has 0 bridgehead atoms. The van der Waals surface area contributed by atoms with Crippen LogP contribution in [0.25, 0.3) is 11.3 Å². The van der Waals surface area contributed by atoms with E-state index in [1.807, 2.05) is 13.8 Å². The van der Waals surface area contributed by atoms with Crippen molar-refractivity contribution < 1.29 is 9.53 Å². The van der Waals surface area contributed by atoms with Crippen LogP contribution in [-0.4, -0.2) is 36.2 Å². The smallest absolute Gasteiger partial charge is 0.245 e. The van der Waals surface area contributed by atoms with E-state index in [1.165, 1.54) is 16.9 Å². The van der Waals surface area contributed by atoms with Crippen molar-refractivity contribution in [2.45, 2.75) is 32.9 Å². The second kappa shape index (κ2) is 8.07. The minimum atomic E-state index is -0.337. The zero-order valence-corrected chi connectivity index (χ0v) is 15.6. The molecule has 0 saturated carbocycles. The van der Waals surface area contributed by atoms with Crippen molar-refractivity contribution in [3.05, 3.63) is 34.7 Å². The Balaban J connectivity index is 0.00000208. The molecule has 1 aliphatic rings. The van der Waals surface area contributed by atoms with Gasteiger partial charge in [-0.2, -0.15) is 0 Å². The molecule has 0 spiro atoms. The van der Waals surface area contributed by atoms with Gasteiger partial charge in [0, 0.05) is 17.0 Å². The molecule has 1 amide bonds. The number of hydrogen-bond acceptors (Lipinski definition) is 5. The molecule has 0 aliphatic carbocycles. The van der Waals surface area contributed by atoms with Gasteiger partial charge in [-0.3, -0.25) is 4.79 Å². The minimum Gasteiger partial charge on any atom is -0.375 e. The number of ether oxygens (including phenoxy) is 1. The SMILES string of the molecule is Cc1ccc(-c2nc(NC(=O)[C@H]3NCCO[C@@H]3C)sc2C)cc1.Cl. The van der Waals surface area contributed by atoms with Gasteiger partial charge in [0.25, 0.3) is 0 Å². The van der Waals surface area contributed by atoms with E-state index in [-0.39, 0.29) is 30.5 Å². The fourth-order valence-corrected chi connectivity index (χ4v) is 3.48. The van der Waals surface area contributed by atoms with Crippen LogP contribution in [0, 0.1) is 13.8 Å². The van der Waals surface area contributed by atoms with Gasteiger partial charge in [-0.25, -0.2) is 4.98 Å². The third-order valence-corrected chi connectivity index (χ3v) is 4.84. The van der Waals surface area contributed by atoms with Gasteiger partial charge in [-0.05, 0) is 20.8 Å². The van der Waals surface area contributed by atoms with Crippen LogP contribution >= 0.6 is 23.7 Å². The highest BCUT2D eigenvalue weighted by Gasteiger charge is 2.29. The molecule has 24 heavy (non-hydrogen) atoms. The molecule has 1 aromatic carbocycles. The summed E-state index contributed by atoms with van der Waals surface area (Å²) in [5.74, 6) is -0.0959. The lowest BCUT2D eigenvalue weighted by atomic mass is 10.1. The Labute approximate surface area is 152 Å². The van der Waals surface area contributed by atoms with Crippen LogP contribution in [0.1, 0.15) is 17.4 Å². The highest BCUT2D eigenvalue weighted by Crippen LogP contribution is 2.30. The van der Waals surface area contributed by atoms with E-state index in [0.717, 1.165) is 16.1 Å². The van der Waals surface area contributed by atoms with E-state index in [1.54, 1.807) is 0 Å². The first-order chi connectivity index (χ1) is 11.0. The van der Waals surface area contributed by atoms with E-state index in [2.05, 4.69) is 46.8 Å². The van der Waals surface area contributed by atoms with Crippen LogP contribution in [0.5, 0.6) is 0 Å². The van der Waals surface area contributed by atoms with E-state index in [4.69, 9.17) is 4.74 Å². The van der Waals surface area contributed by atoms with Gasteiger partial charge in [0.1, 0.15) is 6.04 Å². The van der Waals surface area contributed by atoms with E-state index < -0.39 is 0 Å². The number of carbonyl (C=O) groups is 1. The number of morpholine rings is 1. The second-order valence-electron chi connectivity index (χ2n) is 5.79. The number of hydrogen-bond donors (Lipinski definition) is 2. The average Bonchev–Trinajstić information content (AvgIpc) is 2.89. The highest BCUT2D eigenvalue weighted by molar-refractivity contribution is 7.16. The highest BCUT2D eigenvalue weighted by atomic mass is 35.5. The van der Waals surface area contributed by atoms with E-state index >= 15 is 0 Å². The van der Waals surface area contributed by atoms with Gasteiger partial charge >= 0.3 is 0 Å². The van der Waals surface area contributed by atoms with Crippen molar-refractivity contribution in [2.24, 2.45) is 0 Å². The quantitative estimate of drug-likeness (QED) is 0.874. The summed E-state index contributed by atoms with van der Waals surface area (Å²) < 4.78 is 5.52. The summed E-state index contributed by atoms with van der Waals surface area (Å²) in [6.07, 6.45) is -0.138. The molecule has 5 nitrogen and oxygen atoms in total. The number of benzene rings is 1. The molecular formula is C17H22ClN3O2S. The number of halogens is 1. The number of nitrogens with zero attached hydrogens (tertiary/aromatic N) is 1. The number of nitrogens with one attached hydrogen (secondary N) is 2. The predicted octanol–water partition coefficient (Wildman–Crippen LogP) is 3.16. The lowest BCUT2D eigenvalue weighted by Gasteiger charge is -2.28. The van der Waals surface area contributed by atoms with Crippen LogP contribution in [0.15, 0.2) is 24.3 Å². The molecule has 0 unspecified atom stereocenters. The molecule has 2 heterocycles. The molecule has 130 valence electrons. The lowest BCUT2D eigenvalue weighted by molar-refractivity contribution is -0.123. The van der Waals surface area contributed by atoms with Gasteiger partial charge in [-0.15, -0.1) is 23.7 Å². The van der Waals surface area contributed by atoms with Crippen molar-refractivity contribution in [3.63, 3.8) is 0 Å². The van der Waals surface area contributed by atoms with Crippen molar-refractivity contribution >= 4 is 34.8 Å². The molecule has 1 aliphatic heterocycles. The van der Waals surface area contributed by atoms with Crippen molar-refractivity contribution in [2.75, 3.05) is 18.5 Å². The average molecular weight is 368 g/mol. The zero-order chi connectivity index (χ0) is 16.4.